The topological polar surface area (TPSA) is 71.5 Å². The quantitative estimate of drug-likeness (QED) is 0.668. The highest BCUT2D eigenvalue weighted by Gasteiger charge is 2.10. The van der Waals surface area contributed by atoms with Crippen molar-refractivity contribution < 1.29 is 9.47 Å². The van der Waals surface area contributed by atoms with Crippen LogP contribution in [0.2, 0.25) is 0 Å². The summed E-state index contributed by atoms with van der Waals surface area (Å²) < 4.78 is 10.3. The van der Waals surface area contributed by atoms with Gasteiger partial charge in [0.05, 0.1) is 19.8 Å². The van der Waals surface area contributed by atoms with Gasteiger partial charge in [-0.3, -0.25) is 4.90 Å². The van der Waals surface area contributed by atoms with Crippen molar-refractivity contribution >= 4 is 21.6 Å². The van der Waals surface area contributed by atoms with Gasteiger partial charge in [0, 0.05) is 39.8 Å². The largest absolute Gasteiger partial charge is 0.383 e. The van der Waals surface area contributed by atoms with E-state index in [4.69, 9.17) is 9.47 Å². The molecule has 0 aromatic carbocycles. The maximum Gasteiger partial charge on any atom is 0.207 e. The summed E-state index contributed by atoms with van der Waals surface area (Å²) in [5.74, 6) is 0. The Morgan fingerprint density at radius 1 is 1.21 bits per heavy atom. The number of nitrogens with one attached hydrogen (secondary N) is 2. The molecule has 1 aliphatic rings. The molecule has 1 aromatic rings. The predicted molar refractivity (Wildman–Crippen MR) is 76.0 cm³/mol. The van der Waals surface area contributed by atoms with Gasteiger partial charge in [0.2, 0.25) is 10.3 Å². The number of hydrogen-bond acceptors (Lipinski definition) is 8. The van der Waals surface area contributed by atoms with Gasteiger partial charge >= 0.3 is 0 Å². The Balaban J connectivity index is 1.62. The first-order valence-electron chi connectivity index (χ1n) is 6.49. The van der Waals surface area contributed by atoms with Gasteiger partial charge in [-0.2, -0.15) is 0 Å². The van der Waals surface area contributed by atoms with E-state index >= 15 is 0 Å². The van der Waals surface area contributed by atoms with Crippen molar-refractivity contribution in [3.05, 3.63) is 0 Å². The fraction of sp³-hybridized carbons (Fsp3) is 0.818. The molecule has 0 unspecified atom stereocenters. The lowest BCUT2D eigenvalue weighted by atomic mass is 10.4. The first-order valence-corrected chi connectivity index (χ1v) is 7.30. The molecule has 8 heteroatoms. The molecule has 0 atom stereocenters. The van der Waals surface area contributed by atoms with Crippen molar-refractivity contribution in [2.45, 2.75) is 0 Å². The van der Waals surface area contributed by atoms with Crippen LogP contribution in [0.4, 0.5) is 10.3 Å². The molecule has 0 amide bonds. The lowest BCUT2D eigenvalue weighted by molar-refractivity contribution is 0.0398. The molecular formula is C11H21N5O2S. The SMILES string of the molecule is COCCNc1nnc(NCCN2CCOCC2)s1. The van der Waals surface area contributed by atoms with E-state index in [9.17, 15) is 0 Å². The van der Waals surface area contributed by atoms with Crippen LogP contribution in [-0.2, 0) is 9.47 Å². The molecule has 1 aliphatic heterocycles. The summed E-state index contributed by atoms with van der Waals surface area (Å²) in [5.41, 5.74) is 0. The van der Waals surface area contributed by atoms with E-state index in [0.717, 1.165) is 56.2 Å². The van der Waals surface area contributed by atoms with Crippen LogP contribution in [0, 0.1) is 0 Å². The first-order chi connectivity index (χ1) is 9.38. The van der Waals surface area contributed by atoms with E-state index in [1.807, 2.05) is 0 Å². The van der Waals surface area contributed by atoms with Gasteiger partial charge in [0.1, 0.15) is 0 Å². The summed E-state index contributed by atoms with van der Waals surface area (Å²) in [6, 6.07) is 0. The predicted octanol–water partition coefficient (Wildman–Crippen LogP) is 0.341. The van der Waals surface area contributed by atoms with Gasteiger partial charge in [0.15, 0.2) is 0 Å². The van der Waals surface area contributed by atoms with Crippen molar-refractivity contribution in [1.82, 2.24) is 15.1 Å². The van der Waals surface area contributed by atoms with Gasteiger partial charge in [0.25, 0.3) is 0 Å². The Hall–Kier alpha value is -0.960. The Morgan fingerprint density at radius 2 is 1.89 bits per heavy atom. The third kappa shape index (κ3) is 5.27. The molecule has 7 nitrogen and oxygen atoms in total. The number of hydrogen-bond donors (Lipinski definition) is 2. The smallest absolute Gasteiger partial charge is 0.207 e. The van der Waals surface area contributed by atoms with Crippen LogP contribution in [0.3, 0.4) is 0 Å². The Bertz CT molecular complexity index is 357. The molecule has 2 N–H and O–H groups in total. The normalized spacial score (nSPS) is 16.5. The van der Waals surface area contributed by atoms with Gasteiger partial charge < -0.3 is 20.1 Å². The Labute approximate surface area is 117 Å². The molecule has 1 aromatic heterocycles. The number of rotatable bonds is 8. The van der Waals surface area contributed by atoms with Crippen LogP contribution >= 0.6 is 11.3 Å². The van der Waals surface area contributed by atoms with E-state index in [1.165, 1.54) is 11.3 Å². The monoisotopic (exact) mass is 287 g/mol. The molecule has 2 rings (SSSR count). The molecule has 1 fully saturated rings. The summed E-state index contributed by atoms with van der Waals surface area (Å²) in [5, 5.41) is 16.3. The van der Waals surface area contributed by atoms with Crippen molar-refractivity contribution in [3.63, 3.8) is 0 Å². The van der Waals surface area contributed by atoms with Gasteiger partial charge in [-0.05, 0) is 0 Å². The van der Waals surface area contributed by atoms with Crippen molar-refractivity contribution in [1.29, 1.82) is 0 Å². The molecule has 2 heterocycles. The number of anilines is 2. The molecule has 0 radical (unpaired) electrons. The average Bonchev–Trinajstić information content (AvgIpc) is 2.88. The standard InChI is InChI=1S/C11H21N5O2S/c1-17-7-3-13-11-15-14-10(19-11)12-2-4-16-5-8-18-9-6-16/h2-9H2,1H3,(H,12,14)(H,13,15). The minimum Gasteiger partial charge on any atom is -0.383 e. The van der Waals surface area contributed by atoms with Crippen LogP contribution in [0.15, 0.2) is 0 Å². The van der Waals surface area contributed by atoms with Crippen LogP contribution in [0.5, 0.6) is 0 Å². The van der Waals surface area contributed by atoms with E-state index in [1.54, 1.807) is 7.11 Å². The number of methoxy groups -OCH3 is 1. The Kier molecular flexibility index (Phi) is 6.28. The maximum absolute atomic E-state index is 5.31. The maximum atomic E-state index is 5.31. The van der Waals surface area contributed by atoms with Crippen LogP contribution in [0.1, 0.15) is 0 Å². The summed E-state index contributed by atoms with van der Waals surface area (Å²) in [6.07, 6.45) is 0. The van der Waals surface area contributed by atoms with Gasteiger partial charge in [-0.1, -0.05) is 11.3 Å². The molecule has 0 saturated carbocycles. The molecular weight excluding hydrogens is 266 g/mol. The lowest BCUT2D eigenvalue weighted by Crippen LogP contribution is -2.38. The zero-order valence-electron chi connectivity index (χ0n) is 11.2. The number of morpholine rings is 1. The summed E-state index contributed by atoms with van der Waals surface area (Å²) in [7, 11) is 1.68. The molecule has 0 spiro atoms. The molecule has 0 aliphatic carbocycles. The van der Waals surface area contributed by atoms with Crippen LogP contribution < -0.4 is 10.6 Å². The molecule has 108 valence electrons. The minimum atomic E-state index is 0.666. The number of ether oxygens (including phenoxy) is 2. The highest BCUT2D eigenvalue weighted by molar-refractivity contribution is 7.19. The third-order valence-electron chi connectivity index (χ3n) is 2.82. The zero-order valence-corrected chi connectivity index (χ0v) is 12.0. The fourth-order valence-corrected chi connectivity index (χ4v) is 2.47. The van der Waals surface area contributed by atoms with E-state index in [2.05, 4.69) is 25.7 Å². The van der Waals surface area contributed by atoms with E-state index in [0.29, 0.717) is 6.61 Å². The molecule has 1 saturated heterocycles. The first kappa shape index (κ1) is 14.4. The summed E-state index contributed by atoms with van der Waals surface area (Å²) in [6.45, 7) is 7.02. The Morgan fingerprint density at radius 3 is 2.58 bits per heavy atom. The second-order valence-electron chi connectivity index (χ2n) is 4.21. The highest BCUT2D eigenvalue weighted by Crippen LogP contribution is 2.19. The van der Waals surface area contributed by atoms with Gasteiger partial charge in [-0.15, -0.1) is 10.2 Å². The highest BCUT2D eigenvalue weighted by atomic mass is 32.1. The third-order valence-corrected chi connectivity index (χ3v) is 3.65. The summed E-state index contributed by atoms with van der Waals surface area (Å²) >= 11 is 1.53. The lowest BCUT2D eigenvalue weighted by Gasteiger charge is -2.26. The van der Waals surface area contributed by atoms with Crippen molar-refractivity contribution in [3.8, 4) is 0 Å². The van der Waals surface area contributed by atoms with Crippen LogP contribution in [-0.4, -0.2) is 74.8 Å². The van der Waals surface area contributed by atoms with Crippen molar-refractivity contribution in [2.75, 3.05) is 70.3 Å². The van der Waals surface area contributed by atoms with E-state index in [-0.39, 0.29) is 0 Å². The summed E-state index contributed by atoms with van der Waals surface area (Å²) in [4.78, 5) is 2.38. The van der Waals surface area contributed by atoms with Gasteiger partial charge in [-0.25, -0.2) is 0 Å². The van der Waals surface area contributed by atoms with E-state index < -0.39 is 0 Å². The van der Waals surface area contributed by atoms with Crippen molar-refractivity contribution in [2.24, 2.45) is 0 Å². The second-order valence-corrected chi connectivity index (χ2v) is 5.19. The minimum absolute atomic E-state index is 0.666. The zero-order chi connectivity index (χ0) is 13.3. The molecule has 19 heavy (non-hydrogen) atoms. The fourth-order valence-electron chi connectivity index (χ4n) is 1.77. The number of aromatic nitrogens is 2. The second kappa shape index (κ2) is 8.26. The number of nitrogens with zero attached hydrogens (tertiary/aromatic N) is 3. The average molecular weight is 287 g/mol. The van der Waals surface area contributed by atoms with Crippen LogP contribution in [0.25, 0.3) is 0 Å². The molecule has 0 bridgehead atoms.